The number of para-hydroxylation sites is 1. The maximum atomic E-state index is 12.1. The van der Waals surface area contributed by atoms with Gasteiger partial charge in [-0.2, -0.15) is 0 Å². The highest BCUT2D eigenvalue weighted by Gasteiger charge is 2.28. The van der Waals surface area contributed by atoms with Gasteiger partial charge in [0.15, 0.2) is 0 Å². The minimum Gasteiger partial charge on any atom is -0.311 e. The Hall–Kier alpha value is -0.520. The molecule has 5 heteroatoms. The molecule has 1 N–H and O–H groups in total. The number of amides is 1. The molecule has 0 bridgehead atoms. The van der Waals surface area contributed by atoms with Crippen LogP contribution >= 0.6 is 27.7 Å². The molecule has 0 aliphatic carbocycles. The van der Waals surface area contributed by atoms with Crippen molar-refractivity contribution in [1.29, 1.82) is 0 Å². The molecule has 0 spiro atoms. The van der Waals surface area contributed by atoms with Crippen molar-refractivity contribution < 1.29 is 4.79 Å². The minimum absolute atomic E-state index is 0.118. The fourth-order valence-electron chi connectivity index (χ4n) is 1.93. The van der Waals surface area contributed by atoms with E-state index in [0.717, 1.165) is 16.7 Å². The molecule has 0 aromatic heterocycles. The van der Waals surface area contributed by atoms with E-state index >= 15 is 0 Å². The van der Waals surface area contributed by atoms with Crippen LogP contribution in [-0.4, -0.2) is 31.3 Å². The van der Waals surface area contributed by atoms with E-state index in [1.807, 2.05) is 28.8 Å². The molecule has 0 fully saturated rings. The van der Waals surface area contributed by atoms with Gasteiger partial charge >= 0.3 is 0 Å². The van der Waals surface area contributed by atoms with E-state index in [1.165, 1.54) is 4.90 Å². The van der Waals surface area contributed by atoms with Crippen LogP contribution in [0, 0.1) is 0 Å². The van der Waals surface area contributed by atoms with E-state index in [2.05, 4.69) is 34.2 Å². The fraction of sp³-hybridized carbons (Fsp3) is 0.417. The van der Waals surface area contributed by atoms with Gasteiger partial charge in [0.1, 0.15) is 0 Å². The molecular weight excluding hydrogens is 300 g/mol. The molecule has 1 aliphatic heterocycles. The number of thioether (sulfide) groups is 1. The summed E-state index contributed by atoms with van der Waals surface area (Å²) in [7, 11) is 1.79. The van der Waals surface area contributed by atoms with Crippen LogP contribution in [0.1, 0.15) is 6.92 Å². The molecule has 1 aromatic rings. The molecule has 1 atom stereocenters. The zero-order valence-corrected chi connectivity index (χ0v) is 12.3. The van der Waals surface area contributed by atoms with Gasteiger partial charge in [0, 0.05) is 21.2 Å². The average molecular weight is 315 g/mol. The van der Waals surface area contributed by atoms with Crippen molar-refractivity contribution in [3.05, 3.63) is 22.7 Å². The van der Waals surface area contributed by atoms with Crippen molar-refractivity contribution in [1.82, 2.24) is 5.32 Å². The van der Waals surface area contributed by atoms with Gasteiger partial charge in [-0.05, 0) is 35.1 Å². The van der Waals surface area contributed by atoms with Gasteiger partial charge in [-0.15, -0.1) is 11.8 Å². The number of hydrogen-bond donors (Lipinski definition) is 1. The number of fused-ring (bicyclic) bond motifs is 1. The SMILES string of the molecule is CNCC(=O)N1CC(C)Sc2cccc(Br)c21. The lowest BCUT2D eigenvalue weighted by atomic mass is 10.2. The third kappa shape index (κ3) is 2.67. The van der Waals surface area contributed by atoms with Gasteiger partial charge in [0.25, 0.3) is 0 Å². The van der Waals surface area contributed by atoms with Crippen LogP contribution in [0.5, 0.6) is 0 Å². The molecule has 1 heterocycles. The quantitative estimate of drug-likeness (QED) is 0.910. The molecule has 17 heavy (non-hydrogen) atoms. The molecule has 1 aliphatic rings. The zero-order chi connectivity index (χ0) is 12.4. The van der Waals surface area contributed by atoms with Gasteiger partial charge in [-0.1, -0.05) is 13.0 Å². The van der Waals surface area contributed by atoms with E-state index in [-0.39, 0.29) is 5.91 Å². The first kappa shape index (κ1) is 12.9. The summed E-state index contributed by atoms with van der Waals surface area (Å²) in [5, 5.41) is 3.34. The van der Waals surface area contributed by atoms with Crippen molar-refractivity contribution in [2.24, 2.45) is 0 Å². The number of anilines is 1. The molecule has 0 saturated heterocycles. The summed E-state index contributed by atoms with van der Waals surface area (Å²) in [5.41, 5.74) is 1.01. The number of hydrogen-bond acceptors (Lipinski definition) is 3. The monoisotopic (exact) mass is 314 g/mol. The van der Waals surface area contributed by atoms with Crippen molar-refractivity contribution in [3.63, 3.8) is 0 Å². The van der Waals surface area contributed by atoms with Gasteiger partial charge in [0.2, 0.25) is 5.91 Å². The molecular formula is C12H15BrN2OS. The number of rotatable bonds is 2. The topological polar surface area (TPSA) is 32.3 Å². The summed E-state index contributed by atoms with van der Waals surface area (Å²) in [6.07, 6.45) is 0. The Morgan fingerprint density at radius 2 is 2.41 bits per heavy atom. The first-order chi connectivity index (χ1) is 8.13. The van der Waals surface area contributed by atoms with Crippen LogP contribution in [-0.2, 0) is 4.79 Å². The van der Waals surface area contributed by atoms with E-state index < -0.39 is 0 Å². The summed E-state index contributed by atoms with van der Waals surface area (Å²) in [6.45, 7) is 3.28. The Morgan fingerprint density at radius 3 is 3.12 bits per heavy atom. The Kier molecular flexibility index (Phi) is 4.12. The maximum absolute atomic E-state index is 12.1. The van der Waals surface area contributed by atoms with Crippen molar-refractivity contribution >= 4 is 39.3 Å². The average Bonchev–Trinajstić information content (AvgIpc) is 2.28. The maximum Gasteiger partial charge on any atom is 0.241 e. The van der Waals surface area contributed by atoms with E-state index in [1.54, 1.807) is 7.05 Å². The molecule has 92 valence electrons. The number of nitrogens with one attached hydrogen (secondary N) is 1. The summed E-state index contributed by atoms with van der Waals surface area (Å²) < 4.78 is 0.985. The first-order valence-corrected chi connectivity index (χ1v) is 7.21. The van der Waals surface area contributed by atoms with Crippen LogP contribution in [0.15, 0.2) is 27.6 Å². The number of carbonyl (C=O) groups excluding carboxylic acids is 1. The predicted molar refractivity (Wildman–Crippen MR) is 75.7 cm³/mol. The normalized spacial score (nSPS) is 19.0. The fourth-order valence-corrected chi connectivity index (χ4v) is 3.79. The van der Waals surface area contributed by atoms with E-state index in [9.17, 15) is 4.79 Å². The molecule has 1 amide bonds. The lowest BCUT2D eigenvalue weighted by Crippen LogP contribution is -2.42. The molecule has 2 rings (SSSR count). The summed E-state index contributed by atoms with van der Waals surface area (Å²) in [5.74, 6) is 0.118. The van der Waals surface area contributed by atoms with Crippen molar-refractivity contribution in [2.75, 3.05) is 25.0 Å². The lowest BCUT2D eigenvalue weighted by molar-refractivity contribution is -0.117. The van der Waals surface area contributed by atoms with Gasteiger partial charge in [0.05, 0.1) is 12.2 Å². The Balaban J connectivity index is 2.39. The number of carbonyl (C=O) groups is 1. The number of halogens is 1. The minimum atomic E-state index is 0.118. The molecule has 1 unspecified atom stereocenters. The second kappa shape index (κ2) is 5.42. The van der Waals surface area contributed by atoms with Crippen molar-refractivity contribution in [2.45, 2.75) is 17.1 Å². The highest BCUT2D eigenvalue weighted by Crippen LogP contribution is 2.42. The Bertz CT molecular complexity index is 439. The smallest absolute Gasteiger partial charge is 0.241 e. The van der Waals surface area contributed by atoms with Crippen LogP contribution in [0.4, 0.5) is 5.69 Å². The van der Waals surface area contributed by atoms with Crippen LogP contribution in [0.3, 0.4) is 0 Å². The second-order valence-corrected chi connectivity index (χ2v) is 6.38. The van der Waals surface area contributed by atoms with E-state index in [0.29, 0.717) is 11.8 Å². The summed E-state index contributed by atoms with van der Waals surface area (Å²) in [4.78, 5) is 15.1. The first-order valence-electron chi connectivity index (χ1n) is 5.53. The Labute approximate surface area is 114 Å². The number of benzene rings is 1. The van der Waals surface area contributed by atoms with Gasteiger partial charge in [-0.3, -0.25) is 4.79 Å². The predicted octanol–water partition coefficient (Wildman–Crippen LogP) is 2.50. The highest BCUT2D eigenvalue weighted by atomic mass is 79.9. The van der Waals surface area contributed by atoms with Crippen LogP contribution in [0.2, 0.25) is 0 Å². The third-order valence-corrected chi connectivity index (χ3v) is 4.39. The van der Waals surface area contributed by atoms with Gasteiger partial charge < -0.3 is 10.2 Å². The van der Waals surface area contributed by atoms with Crippen LogP contribution < -0.4 is 10.2 Å². The van der Waals surface area contributed by atoms with Crippen molar-refractivity contribution in [3.8, 4) is 0 Å². The number of nitrogens with zero attached hydrogens (tertiary/aromatic N) is 1. The lowest BCUT2D eigenvalue weighted by Gasteiger charge is -2.33. The Morgan fingerprint density at radius 1 is 1.65 bits per heavy atom. The number of likely N-dealkylation sites (N-methyl/N-ethyl adjacent to an activating group) is 1. The third-order valence-electron chi connectivity index (χ3n) is 2.62. The zero-order valence-electron chi connectivity index (χ0n) is 9.87. The second-order valence-electron chi connectivity index (χ2n) is 4.05. The molecule has 0 saturated carbocycles. The van der Waals surface area contributed by atoms with Gasteiger partial charge in [-0.25, -0.2) is 0 Å². The summed E-state index contributed by atoms with van der Waals surface area (Å²) in [6, 6.07) is 6.06. The largest absolute Gasteiger partial charge is 0.311 e. The standard InChI is InChI=1S/C12H15BrN2OS/c1-8-7-15(11(16)6-14-2)12-9(13)4-3-5-10(12)17-8/h3-5,8,14H,6-7H2,1-2H3. The molecule has 3 nitrogen and oxygen atoms in total. The van der Waals surface area contributed by atoms with E-state index in [4.69, 9.17) is 0 Å². The summed E-state index contributed by atoms with van der Waals surface area (Å²) >= 11 is 5.36. The highest BCUT2D eigenvalue weighted by molar-refractivity contribution is 9.10. The molecule has 1 aromatic carbocycles. The molecule has 0 radical (unpaired) electrons. The van der Waals surface area contributed by atoms with Crippen LogP contribution in [0.25, 0.3) is 0 Å².